The van der Waals surface area contributed by atoms with E-state index >= 15 is 0 Å². The van der Waals surface area contributed by atoms with Gasteiger partial charge in [0.15, 0.2) is 26.1 Å². The first kappa shape index (κ1) is 20.6. The molecule has 1 aromatic heterocycles. The zero-order valence-electron chi connectivity index (χ0n) is 16.5. The number of carbonyl (C=O) groups excluding carboxylic acids is 1. The maximum absolute atomic E-state index is 12.4. The highest BCUT2D eigenvalue weighted by molar-refractivity contribution is 7.90. The molecule has 0 N–H and O–H groups in total. The summed E-state index contributed by atoms with van der Waals surface area (Å²) >= 11 is 1.41. The monoisotopic (exact) mass is 446 g/mol. The molecule has 0 saturated carbocycles. The number of benzene rings is 2. The van der Waals surface area contributed by atoms with Gasteiger partial charge in [-0.25, -0.2) is 8.42 Å². The van der Waals surface area contributed by atoms with Crippen molar-refractivity contribution < 1.29 is 22.7 Å². The molecule has 1 aliphatic rings. The van der Waals surface area contributed by atoms with E-state index in [-0.39, 0.29) is 37.0 Å². The Bertz CT molecular complexity index is 1240. The highest BCUT2D eigenvalue weighted by Gasteiger charge is 2.18. The van der Waals surface area contributed by atoms with Gasteiger partial charge >= 0.3 is 0 Å². The van der Waals surface area contributed by atoms with Crippen molar-refractivity contribution in [3.05, 3.63) is 52.8 Å². The van der Waals surface area contributed by atoms with Crippen molar-refractivity contribution in [1.82, 2.24) is 4.57 Å². The second kappa shape index (κ2) is 8.61. The van der Waals surface area contributed by atoms with Crippen molar-refractivity contribution in [3.63, 3.8) is 0 Å². The van der Waals surface area contributed by atoms with Crippen molar-refractivity contribution in [2.45, 2.75) is 32.1 Å². The molecule has 2 aromatic carbocycles. The van der Waals surface area contributed by atoms with E-state index in [1.165, 1.54) is 11.3 Å². The van der Waals surface area contributed by atoms with Crippen LogP contribution in [0.25, 0.3) is 10.2 Å². The fourth-order valence-corrected chi connectivity index (χ4v) is 5.91. The lowest BCUT2D eigenvalue weighted by atomic mass is 10.2. The van der Waals surface area contributed by atoms with Crippen LogP contribution in [0.15, 0.2) is 47.5 Å². The number of carbonyl (C=O) groups is 1. The molecule has 0 saturated heterocycles. The van der Waals surface area contributed by atoms with Gasteiger partial charge in [0.2, 0.25) is 12.7 Å². The van der Waals surface area contributed by atoms with Crippen LogP contribution in [-0.4, -0.2) is 31.4 Å². The number of aromatic nitrogens is 1. The third kappa shape index (κ3) is 4.57. The molecule has 3 aromatic rings. The van der Waals surface area contributed by atoms with E-state index in [1.54, 1.807) is 12.1 Å². The number of hydrogen-bond acceptors (Lipinski definition) is 6. The molecule has 0 atom stereocenters. The molecule has 7 nitrogen and oxygen atoms in total. The molecular weight excluding hydrogens is 424 g/mol. The van der Waals surface area contributed by atoms with Crippen LogP contribution in [0.5, 0.6) is 11.5 Å². The first-order valence-electron chi connectivity index (χ1n) is 9.70. The summed E-state index contributed by atoms with van der Waals surface area (Å²) in [6.07, 6.45) is 0.346. The summed E-state index contributed by atoms with van der Waals surface area (Å²) < 4.78 is 38.3. The van der Waals surface area contributed by atoms with Gasteiger partial charge in [-0.2, -0.15) is 4.99 Å². The molecule has 9 heteroatoms. The van der Waals surface area contributed by atoms with Crippen LogP contribution in [0.1, 0.15) is 25.3 Å². The Morgan fingerprint density at radius 3 is 2.63 bits per heavy atom. The lowest BCUT2D eigenvalue weighted by Gasteiger charge is -2.04. The van der Waals surface area contributed by atoms with E-state index in [4.69, 9.17) is 9.47 Å². The minimum Gasteiger partial charge on any atom is -0.454 e. The van der Waals surface area contributed by atoms with Crippen molar-refractivity contribution >= 4 is 37.3 Å². The van der Waals surface area contributed by atoms with E-state index in [0.29, 0.717) is 22.8 Å². The number of thiazole rings is 1. The summed E-state index contributed by atoms with van der Waals surface area (Å²) in [4.78, 5) is 17.2. The fraction of sp³-hybridized carbons (Fsp3) is 0.333. The lowest BCUT2D eigenvalue weighted by molar-refractivity contribution is -0.118. The molecule has 30 heavy (non-hydrogen) atoms. The van der Waals surface area contributed by atoms with Gasteiger partial charge in [-0.15, -0.1) is 0 Å². The smallest absolute Gasteiger partial charge is 0.248 e. The molecule has 0 aliphatic carbocycles. The Labute approximate surface area is 178 Å². The minimum absolute atomic E-state index is 0.0138. The molecule has 0 unspecified atom stereocenters. The molecular formula is C21H22N2O5S2. The summed E-state index contributed by atoms with van der Waals surface area (Å²) in [5.41, 5.74) is 1.69. The predicted octanol–water partition coefficient (Wildman–Crippen LogP) is 3.27. The van der Waals surface area contributed by atoms with E-state index in [1.807, 2.05) is 41.8 Å². The SMILES string of the molecule is CCn1c(=NC(=O)CCCS(=O)(=O)Cc2ccccc2)sc2cc3c(cc21)OCO3. The fourth-order valence-electron chi connectivity index (χ4n) is 3.36. The highest BCUT2D eigenvalue weighted by Crippen LogP contribution is 2.36. The average molecular weight is 447 g/mol. The normalized spacial score (nSPS) is 13.8. The summed E-state index contributed by atoms with van der Waals surface area (Å²) in [5, 5.41) is 0. The quantitative estimate of drug-likeness (QED) is 0.556. The van der Waals surface area contributed by atoms with Crippen LogP contribution in [-0.2, 0) is 26.9 Å². The van der Waals surface area contributed by atoms with Crippen LogP contribution in [0.2, 0.25) is 0 Å². The lowest BCUT2D eigenvalue weighted by Crippen LogP contribution is -2.16. The zero-order chi connectivity index (χ0) is 21.1. The van der Waals surface area contributed by atoms with E-state index in [2.05, 4.69) is 4.99 Å². The topological polar surface area (TPSA) is 87.0 Å². The van der Waals surface area contributed by atoms with Gasteiger partial charge in [-0.1, -0.05) is 41.7 Å². The summed E-state index contributed by atoms with van der Waals surface area (Å²) in [7, 11) is -3.27. The Hall–Kier alpha value is -2.65. The van der Waals surface area contributed by atoms with Gasteiger partial charge in [-0.05, 0) is 18.9 Å². The highest BCUT2D eigenvalue weighted by atomic mass is 32.2. The van der Waals surface area contributed by atoms with E-state index < -0.39 is 9.84 Å². The predicted molar refractivity (Wildman–Crippen MR) is 115 cm³/mol. The number of nitrogens with zero attached hydrogens (tertiary/aromatic N) is 2. The minimum atomic E-state index is -3.27. The summed E-state index contributed by atoms with van der Waals surface area (Å²) in [6, 6.07) is 12.8. The molecule has 0 spiro atoms. The number of aryl methyl sites for hydroxylation is 1. The van der Waals surface area contributed by atoms with Gasteiger partial charge in [0.25, 0.3) is 0 Å². The third-order valence-electron chi connectivity index (χ3n) is 4.79. The zero-order valence-corrected chi connectivity index (χ0v) is 18.2. The van der Waals surface area contributed by atoms with Crippen molar-refractivity contribution in [2.75, 3.05) is 12.5 Å². The van der Waals surface area contributed by atoms with Gasteiger partial charge in [0.05, 0.1) is 21.7 Å². The number of fused-ring (bicyclic) bond motifs is 2. The number of amides is 1. The first-order chi connectivity index (χ1) is 14.4. The largest absolute Gasteiger partial charge is 0.454 e. The first-order valence-corrected chi connectivity index (χ1v) is 12.3. The van der Waals surface area contributed by atoms with Crippen LogP contribution in [0, 0.1) is 0 Å². The van der Waals surface area contributed by atoms with Crippen molar-refractivity contribution in [2.24, 2.45) is 4.99 Å². The van der Waals surface area contributed by atoms with Crippen LogP contribution in [0.3, 0.4) is 0 Å². The molecule has 158 valence electrons. The number of hydrogen-bond donors (Lipinski definition) is 0. The molecule has 0 fully saturated rings. The van der Waals surface area contributed by atoms with Crippen LogP contribution >= 0.6 is 11.3 Å². The summed E-state index contributed by atoms with van der Waals surface area (Å²) in [6.45, 7) is 2.84. The van der Waals surface area contributed by atoms with Gasteiger partial charge in [-0.3, -0.25) is 4.79 Å². The van der Waals surface area contributed by atoms with Crippen molar-refractivity contribution in [3.8, 4) is 11.5 Å². The van der Waals surface area contributed by atoms with E-state index in [0.717, 1.165) is 15.8 Å². The molecule has 2 heterocycles. The van der Waals surface area contributed by atoms with Gasteiger partial charge < -0.3 is 14.0 Å². The average Bonchev–Trinajstić information content (AvgIpc) is 3.29. The van der Waals surface area contributed by atoms with Crippen LogP contribution < -0.4 is 14.3 Å². The number of rotatable bonds is 7. The van der Waals surface area contributed by atoms with Gasteiger partial charge in [0.1, 0.15) is 0 Å². The Morgan fingerprint density at radius 2 is 1.90 bits per heavy atom. The summed E-state index contributed by atoms with van der Waals surface area (Å²) in [5.74, 6) is 1.00. The molecule has 1 amide bonds. The van der Waals surface area contributed by atoms with Gasteiger partial charge in [0, 0.05) is 25.1 Å². The van der Waals surface area contributed by atoms with Crippen LogP contribution in [0.4, 0.5) is 0 Å². The Balaban J connectivity index is 1.45. The molecule has 1 aliphatic heterocycles. The third-order valence-corrected chi connectivity index (χ3v) is 7.51. The maximum Gasteiger partial charge on any atom is 0.248 e. The molecule has 0 radical (unpaired) electrons. The standard InChI is InChI=1S/C21H22N2O5S2/c1-2-23-16-11-17-18(28-14-27-17)12-19(16)29-21(23)22-20(24)9-6-10-30(25,26)13-15-7-4-3-5-8-15/h3-5,7-8,11-12H,2,6,9-10,13-14H2,1H3. The van der Waals surface area contributed by atoms with Crippen molar-refractivity contribution in [1.29, 1.82) is 0 Å². The number of ether oxygens (including phenoxy) is 2. The van der Waals surface area contributed by atoms with E-state index in [9.17, 15) is 13.2 Å². The molecule has 0 bridgehead atoms. The Morgan fingerprint density at radius 1 is 1.17 bits per heavy atom. The maximum atomic E-state index is 12.4. The second-order valence-electron chi connectivity index (χ2n) is 6.99. The molecule has 4 rings (SSSR count). The second-order valence-corrected chi connectivity index (χ2v) is 10.2. The Kier molecular flexibility index (Phi) is 5.92. The number of sulfone groups is 1.